The van der Waals surface area contributed by atoms with E-state index in [9.17, 15) is 9.18 Å². The minimum Gasteiger partial charge on any atom is -0.356 e. The van der Waals surface area contributed by atoms with Gasteiger partial charge in [0, 0.05) is 26.1 Å². The predicted molar refractivity (Wildman–Crippen MR) is 99.1 cm³/mol. The van der Waals surface area contributed by atoms with Crippen LogP contribution in [-0.2, 0) is 4.79 Å². The molecule has 2 rings (SSSR count). The van der Waals surface area contributed by atoms with Crippen LogP contribution in [0.15, 0.2) is 23.2 Å². The Morgan fingerprint density at radius 3 is 2.72 bits per heavy atom. The molecular weight excluding hydrogens is 319 g/mol. The maximum absolute atomic E-state index is 13.7. The molecule has 0 aromatic heterocycles. The van der Waals surface area contributed by atoms with Gasteiger partial charge in [0.2, 0.25) is 5.91 Å². The number of halogens is 1. The highest BCUT2D eigenvalue weighted by Gasteiger charge is 2.17. The van der Waals surface area contributed by atoms with Crippen molar-refractivity contribution >= 4 is 11.9 Å². The van der Waals surface area contributed by atoms with Crippen LogP contribution in [0.4, 0.5) is 4.39 Å². The molecule has 6 heteroatoms. The predicted octanol–water partition coefficient (Wildman–Crippen LogP) is 2.81. The minimum atomic E-state index is -0.210. The maximum Gasteiger partial charge on any atom is 0.221 e. The van der Waals surface area contributed by atoms with E-state index >= 15 is 0 Å². The van der Waals surface area contributed by atoms with Gasteiger partial charge in [0.1, 0.15) is 5.82 Å². The van der Waals surface area contributed by atoms with Crippen molar-refractivity contribution in [2.75, 3.05) is 13.6 Å². The summed E-state index contributed by atoms with van der Waals surface area (Å²) in [6.07, 6.45) is 5.00. The van der Waals surface area contributed by atoms with Crippen LogP contribution >= 0.6 is 0 Å². The van der Waals surface area contributed by atoms with Crippen molar-refractivity contribution in [2.45, 2.75) is 58.0 Å². The first-order chi connectivity index (χ1) is 12.0. The third kappa shape index (κ3) is 6.03. The molecule has 138 valence electrons. The monoisotopic (exact) mass is 348 g/mol. The van der Waals surface area contributed by atoms with Crippen molar-refractivity contribution in [3.63, 3.8) is 0 Å². The Kier molecular flexibility index (Phi) is 7.22. The van der Waals surface area contributed by atoms with Crippen molar-refractivity contribution in [3.05, 3.63) is 35.1 Å². The molecule has 1 aliphatic rings. The standard InChI is InChI=1S/C19H29FN4O/c1-13-8-9-15(12-17(13)20)14(2)23-19(21-3)22-11-10-18(25)24-16-6-4-5-7-16/h8-9,12,14,16H,4-7,10-11H2,1-3H3,(H,24,25)(H2,21,22,23). The van der Waals surface area contributed by atoms with Crippen LogP contribution in [0.25, 0.3) is 0 Å². The number of nitrogens with zero attached hydrogens (tertiary/aromatic N) is 1. The smallest absolute Gasteiger partial charge is 0.221 e. The maximum atomic E-state index is 13.7. The topological polar surface area (TPSA) is 65.5 Å². The Bertz CT molecular complexity index is 611. The Morgan fingerprint density at radius 1 is 1.36 bits per heavy atom. The van der Waals surface area contributed by atoms with E-state index in [0.29, 0.717) is 30.5 Å². The normalized spacial score (nSPS) is 16.6. The van der Waals surface area contributed by atoms with E-state index in [4.69, 9.17) is 0 Å². The van der Waals surface area contributed by atoms with E-state index in [1.54, 1.807) is 20.0 Å². The molecule has 0 spiro atoms. The Labute approximate surface area is 149 Å². The molecule has 0 bridgehead atoms. The van der Waals surface area contributed by atoms with Gasteiger partial charge in [-0.15, -0.1) is 0 Å². The lowest BCUT2D eigenvalue weighted by molar-refractivity contribution is -0.121. The summed E-state index contributed by atoms with van der Waals surface area (Å²) in [5.41, 5.74) is 1.48. The summed E-state index contributed by atoms with van der Waals surface area (Å²) in [7, 11) is 1.68. The number of hydrogen-bond acceptors (Lipinski definition) is 2. The average Bonchev–Trinajstić information content (AvgIpc) is 3.09. The largest absolute Gasteiger partial charge is 0.356 e. The summed E-state index contributed by atoms with van der Waals surface area (Å²) < 4.78 is 13.7. The summed E-state index contributed by atoms with van der Waals surface area (Å²) in [5, 5.41) is 9.42. The molecule has 0 saturated heterocycles. The highest BCUT2D eigenvalue weighted by molar-refractivity contribution is 5.81. The number of aryl methyl sites for hydroxylation is 1. The quantitative estimate of drug-likeness (QED) is 0.547. The van der Waals surface area contributed by atoms with Crippen LogP contribution in [0, 0.1) is 12.7 Å². The summed E-state index contributed by atoms with van der Waals surface area (Å²) >= 11 is 0. The molecule has 1 unspecified atom stereocenters. The molecule has 1 aromatic rings. The summed E-state index contributed by atoms with van der Waals surface area (Å²) in [5.74, 6) is 0.461. The van der Waals surface area contributed by atoms with Crippen molar-refractivity contribution in [3.8, 4) is 0 Å². The molecule has 0 radical (unpaired) electrons. The van der Waals surface area contributed by atoms with Crippen molar-refractivity contribution in [1.82, 2.24) is 16.0 Å². The van der Waals surface area contributed by atoms with Crippen molar-refractivity contribution < 1.29 is 9.18 Å². The second-order valence-corrected chi connectivity index (χ2v) is 6.67. The number of rotatable bonds is 6. The highest BCUT2D eigenvalue weighted by Crippen LogP contribution is 2.17. The number of hydrogen-bond donors (Lipinski definition) is 3. The molecule has 0 heterocycles. The number of carbonyl (C=O) groups is 1. The zero-order valence-corrected chi connectivity index (χ0v) is 15.4. The van der Waals surface area contributed by atoms with Crippen LogP contribution < -0.4 is 16.0 Å². The molecule has 1 atom stereocenters. The van der Waals surface area contributed by atoms with Gasteiger partial charge in [0.25, 0.3) is 0 Å². The zero-order chi connectivity index (χ0) is 18.2. The lowest BCUT2D eigenvalue weighted by Crippen LogP contribution is -2.41. The average molecular weight is 348 g/mol. The summed E-state index contributed by atoms with van der Waals surface area (Å²) in [4.78, 5) is 16.1. The molecule has 1 amide bonds. The minimum absolute atomic E-state index is 0.0727. The number of carbonyl (C=O) groups excluding carboxylic acids is 1. The van der Waals surface area contributed by atoms with E-state index in [1.165, 1.54) is 18.9 Å². The van der Waals surface area contributed by atoms with E-state index in [1.807, 2.05) is 13.0 Å². The number of nitrogens with one attached hydrogen (secondary N) is 3. The third-order valence-electron chi connectivity index (χ3n) is 4.64. The van der Waals surface area contributed by atoms with Crippen LogP contribution in [-0.4, -0.2) is 31.5 Å². The molecule has 25 heavy (non-hydrogen) atoms. The first kappa shape index (κ1) is 19.2. The number of amides is 1. The molecule has 1 fully saturated rings. The van der Waals surface area contributed by atoms with Gasteiger partial charge >= 0.3 is 0 Å². The van der Waals surface area contributed by atoms with E-state index in [-0.39, 0.29) is 17.8 Å². The first-order valence-electron chi connectivity index (χ1n) is 9.02. The van der Waals surface area contributed by atoms with Gasteiger partial charge < -0.3 is 16.0 Å². The Balaban J connectivity index is 1.75. The van der Waals surface area contributed by atoms with Gasteiger partial charge in [0.05, 0.1) is 6.04 Å². The summed E-state index contributed by atoms with van der Waals surface area (Å²) in [6.45, 7) is 4.20. The number of guanidine groups is 1. The molecule has 0 aliphatic heterocycles. The second-order valence-electron chi connectivity index (χ2n) is 6.67. The fourth-order valence-electron chi connectivity index (χ4n) is 3.03. The van der Waals surface area contributed by atoms with Gasteiger partial charge in [-0.1, -0.05) is 25.0 Å². The van der Waals surface area contributed by atoms with E-state index in [2.05, 4.69) is 20.9 Å². The van der Waals surface area contributed by atoms with Crippen molar-refractivity contribution in [2.24, 2.45) is 4.99 Å². The Hall–Kier alpha value is -2.11. The molecule has 1 aliphatic carbocycles. The van der Waals surface area contributed by atoms with Gasteiger partial charge in [-0.3, -0.25) is 9.79 Å². The van der Waals surface area contributed by atoms with Crippen molar-refractivity contribution in [1.29, 1.82) is 0 Å². The van der Waals surface area contributed by atoms with Crippen LogP contribution in [0.2, 0.25) is 0 Å². The lowest BCUT2D eigenvalue weighted by atomic mass is 10.1. The SMILES string of the molecule is CN=C(NCCC(=O)NC1CCCC1)NC(C)c1ccc(C)c(F)c1. The molecule has 3 N–H and O–H groups in total. The fraction of sp³-hybridized carbons (Fsp3) is 0.579. The number of aliphatic imine (C=N–C) groups is 1. The van der Waals surface area contributed by atoms with Gasteiger partial charge in [0.15, 0.2) is 5.96 Å². The molecule has 5 nitrogen and oxygen atoms in total. The van der Waals surface area contributed by atoms with Gasteiger partial charge in [-0.2, -0.15) is 0 Å². The second kappa shape index (κ2) is 9.39. The molecule has 1 aromatic carbocycles. The Morgan fingerprint density at radius 2 is 2.08 bits per heavy atom. The van der Waals surface area contributed by atoms with Crippen LogP contribution in [0.1, 0.15) is 56.2 Å². The molecular formula is C19H29FN4O. The van der Waals surface area contributed by atoms with Crippen LogP contribution in [0.3, 0.4) is 0 Å². The van der Waals surface area contributed by atoms with Gasteiger partial charge in [-0.25, -0.2) is 4.39 Å². The number of benzene rings is 1. The van der Waals surface area contributed by atoms with E-state index < -0.39 is 0 Å². The highest BCUT2D eigenvalue weighted by atomic mass is 19.1. The van der Waals surface area contributed by atoms with E-state index in [0.717, 1.165) is 18.4 Å². The zero-order valence-electron chi connectivity index (χ0n) is 15.4. The fourth-order valence-corrected chi connectivity index (χ4v) is 3.03. The molecule has 1 saturated carbocycles. The third-order valence-corrected chi connectivity index (χ3v) is 4.64. The summed E-state index contributed by atoms with van der Waals surface area (Å²) in [6, 6.07) is 5.47. The van der Waals surface area contributed by atoms with Crippen LogP contribution in [0.5, 0.6) is 0 Å². The van der Waals surface area contributed by atoms with Gasteiger partial charge in [-0.05, 0) is 43.9 Å². The lowest BCUT2D eigenvalue weighted by Gasteiger charge is -2.19. The first-order valence-corrected chi connectivity index (χ1v) is 9.02.